The molecule has 0 spiro atoms. The Hall–Kier alpha value is -2.20. The van der Waals surface area contributed by atoms with Gasteiger partial charge in [-0.05, 0) is 53.9 Å². The van der Waals surface area contributed by atoms with E-state index in [9.17, 15) is 13.2 Å². The normalized spacial score (nSPS) is 21.8. The molecule has 0 aliphatic carbocycles. The number of carbonyl (C=O) groups excluding carboxylic acids is 1. The third-order valence-corrected chi connectivity index (χ3v) is 7.77. The second-order valence-electron chi connectivity index (χ2n) is 9.83. The maximum absolute atomic E-state index is 13.2. The van der Waals surface area contributed by atoms with Crippen LogP contribution in [-0.4, -0.2) is 36.4 Å². The molecule has 0 radical (unpaired) electrons. The van der Waals surface area contributed by atoms with Crippen LogP contribution in [-0.2, 0) is 15.4 Å². The zero-order valence-corrected chi connectivity index (χ0v) is 20.6. The monoisotopic (exact) mass is 507 g/mol. The van der Waals surface area contributed by atoms with Crippen molar-refractivity contribution >= 4 is 43.5 Å². The van der Waals surface area contributed by atoms with Crippen molar-refractivity contribution in [3.05, 3.63) is 39.5 Å². The Labute approximate surface area is 190 Å². The fraction of sp³-hybridized carbons (Fsp3) is 0.476. The van der Waals surface area contributed by atoms with Crippen molar-refractivity contribution in [1.29, 1.82) is 0 Å². The van der Waals surface area contributed by atoms with Gasteiger partial charge in [-0.1, -0.05) is 26.8 Å². The summed E-state index contributed by atoms with van der Waals surface area (Å²) in [4.78, 5) is 24.3. The second kappa shape index (κ2) is 6.90. The fourth-order valence-corrected chi connectivity index (χ4v) is 6.56. The van der Waals surface area contributed by atoms with Gasteiger partial charge in [-0.15, -0.1) is 0 Å². The summed E-state index contributed by atoms with van der Waals surface area (Å²) >= 11 is 3.52. The van der Waals surface area contributed by atoms with Gasteiger partial charge in [0.05, 0.1) is 11.3 Å². The minimum absolute atomic E-state index is 0.0855. The average Bonchev–Trinajstić information content (AvgIpc) is 2.94. The van der Waals surface area contributed by atoms with E-state index in [1.54, 1.807) is 18.2 Å². The quantitative estimate of drug-likeness (QED) is 0.561. The van der Waals surface area contributed by atoms with Gasteiger partial charge in [-0.3, -0.25) is 4.79 Å². The molecule has 1 unspecified atom stereocenters. The van der Waals surface area contributed by atoms with E-state index in [2.05, 4.69) is 44.4 Å². The van der Waals surface area contributed by atoms with E-state index in [1.807, 2.05) is 20.8 Å². The standard InChI is InChI=1S/C21H26BrN5O3S/c1-20(2,3)16-14(22)8-13-17(25-16)27-10-11(9-21(27,4)5)12-6-7-15(23)24-19(12)31(29,30)26-18(13)28/h6-8,11H,9-10H2,1-5H3,(H2,23,24)(H,26,28). The van der Waals surface area contributed by atoms with Crippen LogP contribution in [0.1, 0.15) is 68.6 Å². The van der Waals surface area contributed by atoms with Crippen molar-refractivity contribution < 1.29 is 13.2 Å². The maximum atomic E-state index is 13.2. The Morgan fingerprint density at radius 1 is 1.26 bits per heavy atom. The van der Waals surface area contributed by atoms with Gasteiger partial charge in [0.2, 0.25) is 0 Å². The van der Waals surface area contributed by atoms with E-state index in [0.29, 0.717) is 28.8 Å². The molecule has 0 saturated carbocycles. The number of nitrogen functional groups attached to an aromatic ring is 1. The SMILES string of the molecule is CC(C)(C)c1nc2c(cc1Br)C(=O)NS(=O)(=O)c1nc(N)ccc1C1CN2C(C)(C)C1. The summed E-state index contributed by atoms with van der Waals surface area (Å²) in [5, 5.41) is -0.190. The molecule has 3 N–H and O–H groups in total. The van der Waals surface area contributed by atoms with Crippen LogP contribution in [0.3, 0.4) is 0 Å². The van der Waals surface area contributed by atoms with E-state index in [4.69, 9.17) is 10.7 Å². The van der Waals surface area contributed by atoms with Gasteiger partial charge < -0.3 is 10.6 Å². The average molecular weight is 508 g/mol. The van der Waals surface area contributed by atoms with Crippen LogP contribution in [0.5, 0.6) is 0 Å². The summed E-state index contributed by atoms with van der Waals surface area (Å²) in [6, 6.07) is 4.95. The first-order valence-electron chi connectivity index (χ1n) is 10.0. The zero-order valence-electron chi connectivity index (χ0n) is 18.2. The Bertz CT molecular complexity index is 1200. The van der Waals surface area contributed by atoms with E-state index in [-0.39, 0.29) is 33.3 Å². The minimum atomic E-state index is -4.22. The largest absolute Gasteiger partial charge is 0.384 e. The highest BCUT2D eigenvalue weighted by atomic mass is 79.9. The molecular formula is C21H26BrN5O3S. The molecule has 0 aromatic carbocycles. The lowest BCUT2D eigenvalue weighted by molar-refractivity contribution is 0.0981. The van der Waals surface area contributed by atoms with E-state index in [1.165, 1.54) is 0 Å². The zero-order chi connectivity index (χ0) is 22.9. The second-order valence-corrected chi connectivity index (χ2v) is 12.3. The topological polar surface area (TPSA) is 118 Å². The Morgan fingerprint density at radius 2 is 1.94 bits per heavy atom. The van der Waals surface area contributed by atoms with Gasteiger partial charge in [-0.2, -0.15) is 8.42 Å². The first-order chi connectivity index (χ1) is 14.2. The molecule has 1 fully saturated rings. The lowest BCUT2D eigenvalue weighted by Gasteiger charge is -2.35. The molecule has 2 aromatic rings. The number of halogens is 1. The van der Waals surface area contributed by atoms with Crippen LogP contribution in [0, 0.1) is 0 Å². The predicted octanol–water partition coefficient (Wildman–Crippen LogP) is 3.32. The number of pyridine rings is 2. The third-order valence-electron chi connectivity index (χ3n) is 5.88. The number of amides is 1. The van der Waals surface area contributed by atoms with Crippen LogP contribution in [0.15, 0.2) is 27.7 Å². The Balaban J connectivity index is 2.01. The van der Waals surface area contributed by atoms with Gasteiger partial charge in [0.25, 0.3) is 15.9 Å². The lowest BCUT2D eigenvalue weighted by atomic mass is 9.90. The molecule has 2 aromatic heterocycles. The molecule has 1 atom stereocenters. The third kappa shape index (κ3) is 3.69. The van der Waals surface area contributed by atoms with Gasteiger partial charge in [0.1, 0.15) is 11.6 Å². The van der Waals surface area contributed by atoms with Crippen molar-refractivity contribution in [2.45, 2.75) is 62.9 Å². The van der Waals surface area contributed by atoms with Gasteiger partial charge in [0.15, 0.2) is 5.03 Å². The number of fused-ring (bicyclic) bond motifs is 6. The van der Waals surface area contributed by atoms with E-state index in [0.717, 1.165) is 5.69 Å². The summed E-state index contributed by atoms with van der Waals surface area (Å²) in [6.45, 7) is 10.8. The number of nitrogens with zero attached hydrogens (tertiary/aromatic N) is 3. The molecule has 10 heteroatoms. The fourth-order valence-electron chi connectivity index (χ4n) is 4.42. The first kappa shape index (κ1) is 22.0. The summed E-state index contributed by atoms with van der Waals surface area (Å²) in [5.41, 5.74) is 6.71. The summed E-state index contributed by atoms with van der Waals surface area (Å²) in [5.74, 6) is -0.290. The number of carbonyl (C=O) groups is 1. The highest BCUT2D eigenvalue weighted by molar-refractivity contribution is 9.10. The van der Waals surface area contributed by atoms with Gasteiger partial charge >= 0.3 is 0 Å². The van der Waals surface area contributed by atoms with Crippen molar-refractivity contribution in [3.63, 3.8) is 0 Å². The number of rotatable bonds is 0. The summed E-state index contributed by atoms with van der Waals surface area (Å²) in [6.07, 6.45) is 0.678. The van der Waals surface area contributed by atoms with E-state index < -0.39 is 15.9 Å². The van der Waals surface area contributed by atoms with Crippen molar-refractivity contribution in [3.8, 4) is 0 Å². The highest BCUT2D eigenvalue weighted by Crippen LogP contribution is 2.45. The first-order valence-corrected chi connectivity index (χ1v) is 12.3. The number of nitrogens with two attached hydrogens (primary N) is 1. The molecule has 4 rings (SSSR count). The molecule has 2 bridgehead atoms. The van der Waals surface area contributed by atoms with Crippen LogP contribution in [0.25, 0.3) is 0 Å². The number of hydrogen-bond donors (Lipinski definition) is 2. The predicted molar refractivity (Wildman–Crippen MR) is 123 cm³/mol. The smallest absolute Gasteiger partial charge is 0.282 e. The Kier molecular flexibility index (Phi) is 4.90. The molecule has 8 nitrogen and oxygen atoms in total. The number of sulfonamides is 1. The van der Waals surface area contributed by atoms with E-state index >= 15 is 0 Å². The molecule has 31 heavy (non-hydrogen) atoms. The van der Waals surface area contributed by atoms with Gasteiger partial charge in [0, 0.05) is 27.9 Å². The van der Waals surface area contributed by atoms with Crippen LogP contribution < -0.4 is 15.4 Å². The molecular weight excluding hydrogens is 482 g/mol. The maximum Gasteiger partial charge on any atom is 0.282 e. The highest BCUT2D eigenvalue weighted by Gasteiger charge is 2.45. The summed E-state index contributed by atoms with van der Waals surface area (Å²) < 4.78 is 29.1. The molecule has 1 saturated heterocycles. The van der Waals surface area contributed by atoms with Gasteiger partial charge in [-0.25, -0.2) is 14.7 Å². The van der Waals surface area contributed by atoms with Crippen LogP contribution in [0.2, 0.25) is 0 Å². The van der Waals surface area contributed by atoms with Crippen molar-refractivity contribution in [2.75, 3.05) is 17.2 Å². The molecule has 166 valence electrons. The number of aromatic nitrogens is 2. The number of anilines is 2. The van der Waals surface area contributed by atoms with Crippen molar-refractivity contribution in [2.24, 2.45) is 0 Å². The molecule has 4 heterocycles. The molecule has 2 aliphatic heterocycles. The van der Waals surface area contributed by atoms with Crippen LogP contribution in [0.4, 0.5) is 11.6 Å². The number of nitrogens with one attached hydrogen (secondary N) is 1. The Morgan fingerprint density at radius 3 is 2.58 bits per heavy atom. The van der Waals surface area contributed by atoms with Crippen molar-refractivity contribution in [1.82, 2.24) is 14.7 Å². The van der Waals surface area contributed by atoms with Crippen LogP contribution >= 0.6 is 15.9 Å². The summed E-state index contributed by atoms with van der Waals surface area (Å²) in [7, 11) is -4.22. The molecule has 2 aliphatic rings. The lowest BCUT2D eigenvalue weighted by Crippen LogP contribution is -2.42. The molecule has 1 amide bonds. The minimum Gasteiger partial charge on any atom is -0.384 e. The number of hydrogen-bond acceptors (Lipinski definition) is 7.